The fraction of sp³-hybridized carbons (Fsp3) is 0.611. The zero-order valence-electron chi connectivity index (χ0n) is 14.2. The maximum atomic E-state index is 13.4. The van der Waals surface area contributed by atoms with Crippen molar-refractivity contribution in [3.8, 4) is 6.07 Å². The smallest absolute Gasteiger partial charge is 0.370 e. The van der Waals surface area contributed by atoms with Crippen LogP contribution in [0, 0.1) is 17.2 Å². The van der Waals surface area contributed by atoms with Crippen molar-refractivity contribution in [2.75, 3.05) is 13.1 Å². The van der Waals surface area contributed by atoms with E-state index in [0.29, 0.717) is 31.5 Å². The molecule has 3 nitrogen and oxygen atoms in total. The van der Waals surface area contributed by atoms with Crippen LogP contribution in [0.25, 0.3) is 0 Å². The number of hydrogen-bond acceptors (Lipinski definition) is 3. The van der Waals surface area contributed by atoms with Crippen LogP contribution in [-0.2, 0) is 4.74 Å². The SMILES string of the molecule is N#Cc1ccc(C2CC3(CCNCC3)OC2C(C(F)(F)F)C(F)(F)F)cc1. The van der Waals surface area contributed by atoms with E-state index in [-0.39, 0.29) is 12.0 Å². The number of alkyl halides is 6. The lowest BCUT2D eigenvalue weighted by Gasteiger charge is -2.35. The zero-order chi connectivity index (χ0) is 19.9. The minimum Gasteiger partial charge on any atom is -0.370 e. The van der Waals surface area contributed by atoms with Gasteiger partial charge in [0.25, 0.3) is 0 Å². The minimum absolute atomic E-state index is 0.0912. The van der Waals surface area contributed by atoms with Crippen LogP contribution >= 0.6 is 0 Å². The first kappa shape index (κ1) is 20.0. The summed E-state index contributed by atoms with van der Waals surface area (Å²) >= 11 is 0. The fourth-order valence-corrected chi connectivity index (χ4v) is 4.11. The van der Waals surface area contributed by atoms with E-state index in [2.05, 4.69) is 5.32 Å². The number of benzene rings is 1. The minimum atomic E-state index is -5.47. The van der Waals surface area contributed by atoms with Gasteiger partial charge in [-0.1, -0.05) is 12.1 Å². The van der Waals surface area contributed by atoms with Gasteiger partial charge in [0, 0.05) is 5.92 Å². The molecule has 0 aromatic heterocycles. The molecule has 1 aromatic rings. The zero-order valence-corrected chi connectivity index (χ0v) is 14.2. The first-order valence-corrected chi connectivity index (χ1v) is 8.58. The lowest BCUT2D eigenvalue weighted by Crippen LogP contribution is -2.48. The summed E-state index contributed by atoms with van der Waals surface area (Å²) in [5, 5.41) is 11.9. The van der Waals surface area contributed by atoms with E-state index in [1.54, 1.807) is 0 Å². The van der Waals surface area contributed by atoms with Gasteiger partial charge in [-0.3, -0.25) is 0 Å². The van der Waals surface area contributed by atoms with Crippen molar-refractivity contribution >= 4 is 0 Å². The highest BCUT2D eigenvalue weighted by atomic mass is 19.4. The summed E-state index contributed by atoms with van der Waals surface area (Å²) in [4.78, 5) is 0. The molecule has 1 aromatic carbocycles. The second-order valence-electron chi connectivity index (χ2n) is 7.12. The summed E-state index contributed by atoms with van der Waals surface area (Å²) < 4.78 is 85.8. The summed E-state index contributed by atoms with van der Waals surface area (Å²) in [7, 11) is 0. The van der Waals surface area contributed by atoms with E-state index < -0.39 is 35.9 Å². The number of piperidine rings is 1. The first-order chi connectivity index (χ1) is 12.6. The quantitative estimate of drug-likeness (QED) is 0.764. The number of hydrogen-bond donors (Lipinski definition) is 1. The molecule has 0 radical (unpaired) electrons. The molecule has 2 unspecified atom stereocenters. The second kappa shape index (κ2) is 6.99. The lowest BCUT2D eigenvalue weighted by molar-refractivity contribution is -0.313. The molecule has 2 heterocycles. The summed E-state index contributed by atoms with van der Waals surface area (Å²) in [5.41, 5.74) is -0.384. The second-order valence-corrected chi connectivity index (χ2v) is 7.12. The monoisotopic (exact) mass is 392 g/mol. The van der Waals surface area contributed by atoms with Crippen molar-refractivity contribution in [2.45, 2.75) is 49.2 Å². The van der Waals surface area contributed by atoms with Gasteiger partial charge < -0.3 is 10.1 Å². The number of rotatable bonds is 2. The predicted octanol–water partition coefficient (Wildman–Crippen LogP) is 4.29. The van der Waals surface area contributed by atoms with Gasteiger partial charge in [0.1, 0.15) is 0 Å². The van der Waals surface area contributed by atoms with E-state index in [1.807, 2.05) is 6.07 Å². The average Bonchev–Trinajstić information content (AvgIpc) is 2.91. The average molecular weight is 392 g/mol. The number of halogens is 6. The normalized spacial score (nSPS) is 25.7. The third-order valence-corrected chi connectivity index (χ3v) is 5.39. The maximum Gasteiger partial charge on any atom is 0.403 e. The number of nitrogens with one attached hydrogen (secondary N) is 1. The van der Waals surface area contributed by atoms with Crippen LogP contribution in [0.3, 0.4) is 0 Å². The lowest BCUT2D eigenvalue weighted by atomic mass is 9.79. The van der Waals surface area contributed by atoms with Crippen LogP contribution in [0.5, 0.6) is 0 Å². The Bertz CT molecular complexity index is 687. The Morgan fingerprint density at radius 2 is 1.59 bits per heavy atom. The molecule has 2 aliphatic heterocycles. The van der Waals surface area contributed by atoms with Gasteiger partial charge in [-0.2, -0.15) is 31.6 Å². The summed E-state index contributed by atoms with van der Waals surface area (Å²) in [6.45, 7) is 0.963. The van der Waals surface area contributed by atoms with Crippen molar-refractivity contribution in [1.82, 2.24) is 5.32 Å². The van der Waals surface area contributed by atoms with E-state index in [9.17, 15) is 26.3 Å². The van der Waals surface area contributed by atoms with Crippen LogP contribution in [0.15, 0.2) is 24.3 Å². The Morgan fingerprint density at radius 3 is 2.07 bits per heavy atom. The van der Waals surface area contributed by atoms with Crippen molar-refractivity contribution < 1.29 is 31.1 Å². The third kappa shape index (κ3) is 4.06. The molecule has 0 aliphatic carbocycles. The van der Waals surface area contributed by atoms with Crippen LogP contribution in [0.1, 0.15) is 36.3 Å². The van der Waals surface area contributed by atoms with E-state index in [0.717, 1.165) is 0 Å². The van der Waals surface area contributed by atoms with Gasteiger partial charge in [-0.15, -0.1) is 0 Å². The highest BCUT2D eigenvalue weighted by Crippen LogP contribution is 2.54. The van der Waals surface area contributed by atoms with Crippen LogP contribution < -0.4 is 5.32 Å². The predicted molar refractivity (Wildman–Crippen MR) is 83.8 cm³/mol. The van der Waals surface area contributed by atoms with Gasteiger partial charge in [-0.05, 0) is 50.0 Å². The van der Waals surface area contributed by atoms with Gasteiger partial charge in [0.05, 0.1) is 23.3 Å². The fourth-order valence-electron chi connectivity index (χ4n) is 4.11. The number of nitriles is 1. The van der Waals surface area contributed by atoms with Crippen molar-refractivity contribution in [3.05, 3.63) is 35.4 Å². The van der Waals surface area contributed by atoms with E-state index >= 15 is 0 Å². The molecule has 2 atom stereocenters. The summed E-state index contributed by atoms with van der Waals surface area (Å²) in [6.07, 6.45) is -12.2. The Morgan fingerprint density at radius 1 is 1.04 bits per heavy atom. The Kier molecular flexibility index (Phi) is 5.16. The van der Waals surface area contributed by atoms with Gasteiger partial charge in [-0.25, -0.2) is 0 Å². The summed E-state index contributed by atoms with van der Waals surface area (Å²) in [6, 6.07) is 7.52. The Labute approximate surface area is 152 Å². The highest BCUT2D eigenvalue weighted by molar-refractivity contribution is 5.34. The molecular weight excluding hydrogens is 374 g/mol. The highest BCUT2D eigenvalue weighted by Gasteiger charge is 2.65. The molecule has 1 N–H and O–H groups in total. The molecular formula is C18H18F6N2O. The first-order valence-electron chi connectivity index (χ1n) is 8.58. The molecule has 2 aliphatic rings. The van der Waals surface area contributed by atoms with Gasteiger partial charge >= 0.3 is 12.4 Å². The topological polar surface area (TPSA) is 45.0 Å². The van der Waals surface area contributed by atoms with E-state index in [4.69, 9.17) is 10.00 Å². The number of ether oxygens (including phenoxy) is 1. The number of nitrogens with zero attached hydrogens (tertiary/aromatic N) is 1. The van der Waals surface area contributed by atoms with Crippen LogP contribution in [-0.4, -0.2) is 37.1 Å². The maximum absolute atomic E-state index is 13.4. The van der Waals surface area contributed by atoms with Crippen LogP contribution in [0.2, 0.25) is 0 Å². The molecule has 27 heavy (non-hydrogen) atoms. The summed E-state index contributed by atoms with van der Waals surface area (Å²) in [5.74, 6) is -4.61. The largest absolute Gasteiger partial charge is 0.403 e. The van der Waals surface area contributed by atoms with Crippen LogP contribution in [0.4, 0.5) is 26.3 Å². The molecule has 0 amide bonds. The molecule has 0 bridgehead atoms. The molecule has 0 saturated carbocycles. The molecule has 3 rings (SSSR count). The molecule has 2 fully saturated rings. The Hall–Kier alpha value is -1.79. The third-order valence-electron chi connectivity index (χ3n) is 5.39. The van der Waals surface area contributed by atoms with E-state index in [1.165, 1.54) is 24.3 Å². The van der Waals surface area contributed by atoms with Crippen molar-refractivity contribution in [3.63, 3.8) is 0 Å². The molecule has 148 valence electrons. The van der Waals surface area contributed by atoms with Gasteiger partial charge in [0.2, 0.25) is 0 Å². The molecule has 1 spiro atoms. The van der Waals surface area contributed by atoms with Crippen molar-refractivity contribution in [1.29, 1.82) is 5.26 Å². The molecule has 9 heteroatoms. The Balaban J connectivity index is 2.02. The standard InChI is InChI=1S/C18H18F6N2O/c19-17(20,21)15(18(22,23)24)14-13(12-3-1-11(10-25)2-4-12)9-16(27-14)5-7-26-8-6-16/h1-4,13-15,26H,5-9H2. The molecule has 2 saturated heterocycles. The van der Waals surface area contributed by atoms with Crippen molar-refractivity contribution in [2.24, 2.45) is 5.92 Å². The van der Waals surface area contributed by atoms with Gasteiger partial charge in [0.15, 0.2) is 5.92 Å².